The van der Waals surface area contributed by atoms with E-state index in [4.69, 9.17) is 5.11 Å². The molecule has 0 aliphatic heterocycles. The lowest BCUT2D eigenvalue weighted by Gasteiger charge is -2.42. The molecule has 0 aromatic carbocycles. The third-order valence-corrected chi connectivity index (χ3v) is 5.50. The Kier molecular flexibility index (Phi) is 6.13. The van der Waals surface area contributed by atoms with Crippen LogP contribution in [-0.4, -0.2) is 57.0 Å². The lowest BCUT2D eigenvalue weighted by Crippen LogP contribution is -2.56. The van der Waals surface area contributed by atoms with Gasteiger partial charge in [0.05, 0.1) is 24.8 Å². The Bertz CT molecular complexity index is 620. The number of hydrogen-bond acceptors (Lipinski definition) is 4. The summed E-state index contributed by atoms with van der Waals surface area (Å²) in [5.74, 6) is -0.807. The van der Waals surface area contributed by atoms with Crippen LogP contribution in [0.25, 0.3) is 0 Å². The molecule has 0 bridgehead atoms. The van der Waals surface area contributed by atoms with Gasteiger partial charge in [0.2, 0.25) is 0 Å². The maximum atomic E-state index is 12.0. The molecule has 26 heavy (non-hydrogen) atoms. The van der Waals surface area contributed by atoms with Crippen LogP contribution >= 0.6 is 0 Å². The van der Waals surface area contributed by atoms with Crippen molar-refractivity contribution in [2.75, 3.05) is 13.1 Å². The molecule has 0 atom stereocenters. The smallest absolute Gasteiger partial charge is 0.317 e. The van der Waals surface area contributed by atoms with Crippen molar-refractivity contribution in [3.63, 3.8) is 0 Å². The Morgan fingerprint density at radius 2 is 2.08 bits per heavy atom. The highest BCUT2D eigenvalue weighted by Gasteiger charge is 2.34. The van der Waals surface area contributed by atoms with Gasteiger partial charge in [0.1, 0.15) is 0 Å². The molecule has 1 aromatic heterocycles. The number of nitrogens with one attached hydrogen (secondary N) is 2. The van der Waals surface area contributed by atoms with Crippen LogP contribution in [0.1, 0.15) is 57.2 Å². The minimum Gasteiger partial charge on any atom is -0.480 e. The first-order valence-electron chi connectivity index (χ1n) is 9.59. The number of nitrogens with zero attached hydrogens (tertiary/aromatic N) is 3. The lowest BCUT2D eigenvalue weighted by atomic mass is 9.85. The van der Waals surface area contributed by atoms with Crippen molar-refractivity contribution >= 4 is 12.0 Å². The molecule has 2 fully saturated rings. The molecule has 0 unspecified atom stereocenters. The summed E-state index contributed by atoms with van der Waals surface area (Å²) in [5, 5.41) is 19.3. The minimum absolute atomic E-state index is 0.0593. The standard InChI is InChI=1S/C18H29N5O3/c1-2-22(12-17(24)25)16-9-14(10-16)20-18(26)19-11-13-7-8-23(21-13)15-5-3-4-6-15/h7-8,14-16H,2-6,9-12H2,1H3,(H,24,25)(H2,19,20,26). The monoisotopic (exact) mass is 363 g/mol. The third kappa shape index (κ3) is 4.75. The fourth-order valence-corrected chi connectivity index (χ4v) is 3.93. The van der Waals surface area contributed by atoms with Crippen LogP contribution in [0.5, 0.6) is 0 Å². The first kappa shape index (κ1) is 18.7. The van der Waals surface area contributed by atoms with Crippen molar-refractivity contribution in [3.05, 3.63) is 18.0 Å². The summed E-state index contributed by atoms with van der Waals surface area (Å²) in [6.07, 6.45) is 8.51. The molecule has 8 nitrogen and oxygen atoms in total. The number of amides is 2. The molecule has 1 aromatic rings. The van der Waals surface area contributed by atoms with E-state index in [1.807, 2.05) is 28.8 Å². The Labute approximate surface area is 153 Å². The topological polar surface area (TPSA) is 99.5 Å². The molecule has 2 aliphatic carbocycles. The second kappa shape index (κ2) is 8.53. The predicted octanol–water partition coefficient (Wildman–Crippen LogP) is 1.73. The minimum atomic E-state index is -0.807. The van der Waals surface area contributed by atoms with Gasteiger partial charge in [-0.15, -0.1) is 0 Å². The van der Waals surface area contributed by atoms with Crippen LogP contribution in [0.2, 0.25) is 0 Å². The fourth-order valence-electron chi connectivity index (χ4n) is 3.93. The number of carboxylic acid groups (broad SMARTS) is 1. The maximum absolute atomic E-state index is 12.0. The summed E-state index contributed by atoms with van der Waals surface area (Å²) in [5.41, 5.74) is 0.872. The van der Waals surface area contributed by atoms with E-state index in [2.05, 4.69) is 15.7 Å². The van der Waals surface area contributed by atoms with E-state index in [1.54, 1.807) is 0 Å². The molecular formula is C18H29N5O3. The van der Waals surface area contributed by atoms with Gasteiger partial charge in [-0.3, -0.25) is 14.4 Å². The van der Waals surface area contributed by atoms with Crippen LogP contribution in [0.15, 0.2) is 12.3 Å². The Hall–Kier alpha value is -2.09. The molecule has 0 saturated heterocycles. The van der Waals surface area contributed by atoms with Crippen molar-refractivity contribution in [2.24, 2.45) is 0 Å². The number of aliphatic carboxylic acids is 1. The number of hydrogen-bond donors (Lipinski definition) is 3. The molecular weight excluding hydrogens is 334 g/mol. The second-order valence-corrected chi connectivity index (χ2v) is 7.33. The summed E-state index contributed by atoms with van der Waals surface area (Å²) in [4.78, 5) is 24.8. The summed E-state index contributed by atoms with van der Waals surface area (Å²) in [6.45, 7) is 3.15. The second-order valence-electron chi connectivity index (χ2n) is 7.33. The van der Waals surface area contributed by atoms with Gasteiger partial charge in [-0.25, -0.2) is 4.79 Å². The van der Waals surface area contributed by atoms with Gasteiger partial charge >= 0.3 is 12.0 Å². The van der Waals surface area contributed by atoms with E-state index in [-0.39, 0.29) is 24.7 Å². The number of carbonyl (C=O) groups excluding carboxylic acids is 1. The molecule has 2 amide bonds. The number of carboxylic acids is 1. The number of carbonyl (C=O) groups is 2. The third-order valence-electron chi connectivity index (χ3n) is 5.50. The highest BCUT2D eigenvalue weighted by molar-refractivity contribution is 5.74. The van der Waals surface area contributed by atoms with Crippen molar-refractivity contribution in [3.8, 4) is 0 Å². The zero-order chi connectivity index (χ0) is 18.5. The molecule has 2 saturated carbocycles. The van der Waals surface area contributed by atoms with Gasteiger partial charge in [-0.2, -0.15) is 5.10 Å². The normalized spacial score (nSPS) is 23.0. The van der Waals surface area contributed by atoms with Crippen LogP contribution in [-0.2, 0) is 11.3 Å². The summed E-state index contributed by atoms with van der Waals surface area (Å²) < 4.78 is 2.03. The first-order valence-corrected chi connectivity index (χ1v) is 9.59. The largest absolute Gasteiger partial charge is 0.480 e. The first-order chi connectivity index (χ1) is 12.5. The molecule has 0 radical (unpaired) electrons. The van der Waals surface area contributed by atoms with E-state index in [0.29, 0.717) is 19.1 Å². The average Bonchev–Trinajstić information content (AvgIpc) is 3.24. The van der Waals surface area contributed by atoms with Crippen molar-refractivity contribution in [1.82, 2.24) is 25.3 Å². The summed E-state index contributed by atoms with van der Waals surface area (Å²) >= 11 is 0. The highest BCUT2D eigenvalue weighted by atomic mass is 16.4. The van der Waals surface area contributed by atoms with E-state index in [9.17, 15) is 9.59 Å². The highest BCUT2D eigenvalue weighted by Crippen LogP contribution is 2.28. The predicted molar refractivity (Wildman–Crippen MR) is 96.8 cm³/mol. The fraction of sp³-hybridized carbons (Fsp3) is 0.722. The Morgan fingerprint density at radius 3 is 2.73 bits per heavy atom. The van der Waals surface area contributed by atoms with Gasteiger partial charge in [-0.1, -0.05) is 19.8 Å². The van der Waals surface area contributed by atoms with Crippen molar-refractivity contribution in [1.29, 1.82) is 0 Å². The van der Waals surface area contributed by atoms with Gasteiger partial charge in [0.25, 0.3) is 0 Å². The van der Waals surface area contributed by atoms with E-state index in [1.165, 1.54) is 25.7 Å². The van der Waals surface area contributed by atoms with Crippen LogP contribution < -0.4 is 10.6 Å². The number of urea groups is 1. The quantitative estimate of drug-likeness (QED) is 0.653. The molecule has 0 spiro atoms. The summed E-state index contributed by atoms with van der Waals surface area (Å²) in [7, 11) is 0. The Balaban J connectivity index is 1.36. The maximum Gasteiger partial charge on any atom is 0.317 e. The molecule has 3 rings (SSSR count). The van der Waals surface area contributed by atoms with E-state index < -0.39 is 5.97 Å². The molecule has 144 valence electrons. The van der Waals surface area contributed by atoms with Crippen molar-refractivity contribution < 1.29 is 14.7 Å². The van der Waals surface area contributed by atoms with Gasteiger partial charge < -0.3 is 15.7 Å². The van der Waals surface area contributed by atoms with Gasteiger partial charge in [-0.05, 0) is 38.3 Å². The van der Waals surface area contributed by atoms with Gasteiger partial charge in [0.15, 0.2) is 0 Å². The van der Waals surface area contributed by atoms with Gasteiger partial charge in [0, 0.05) is 18.3 Å². The van der Waals surface area contributed by atoms with Crippen LogP contribution in [0.4, 0.5) is 4.79 Å². The van der Waals surface area contributed by atoms with Crippen LogP contribution in [0.3, 0.4) is 0 Å². The molecule has 1 heterocycles. The van der Waals surface area contributed by atoms with E-state index >= 15 is 0 Å². The number of likely N-dealkylation sites (N-methyl/N-ethyl adjacent to an activating group) is 1. The molecule has 2 aliphatic rings. The lowest BCUT2D eigenvalue weighted by molar-refractivity contribution is -0.139. The molecule has 3 N–H and O–H groups in total. The zero-order valence-corrected chi connectivity index (χ0v) is 15.4. The van der Waals surface area contributed by atoms with Crippen LogP contribution in [0, 0.1) is 0 Å². The van der Waals surface area contributed by atoms with E-state index in [0.717, 1.165) is 18.5 Å². The average molecular weight is 363 g/mol. The summed E-state index contributed by atoms with van der Waals surface area (Å²) in [6, 6.07) is 2.63. The Morgan fingerprint density at radius 1 is 1.35 bits per heavy atom. The number of rotatable bonds is 8. The zero-order valence-electron chi connectivity index (χ0n) is 15.4. The van der Waals surface area contributed by atoms with Crippen molar-refractivity contribution in [2.45, 2.75) is 70.1 Å². The molecule has 8 heteroatoms. The SMILES string of the molecule is CCN(CC(=O)O)C1CC(NC(=O)NCc2ccn(C3CCCC3)n2)C1. The number of aromatic nitrogens is 2.